The van der Waals surface area contributed by atoms with E-state index >= 15 is 0 Å². The van der Waals surface area contributed by atoms with Gasteiger partial charge in [-0.05, 0) is 52.7 Å². The topological polar surface area (TPSA) is 69.6 Å². The van der Waals surface area contributed by atoms with E-state index in [0.717, 1.165) is 13.0 Å². The quantitative estimate of drug-likeness (QED) is 0.688. The Kier molecular flexibility index (Phi) is 6.28. The van der Waals surface area contributed by atoms with Gasteiger partial charge in [-0.15, -0.1) is 0 Å². The van der Waals surface area contributed by atoms with Gasteiger partial charge < -0.3 is 15.3 Å². The van der Waals surface area contributed by atoms with Crippen LogP contribution in [0, 0.1) is 5.41 Å². The van der Waals surface area contributed by atoms with E-state index in [4.69, 9.17) is 5.11 Å². The third-order valence-electron chi connectivity index (χ3n) is 3.60. The molecule has 1 saturated heterocycles. The van der Waals surface area contributed by atoms with Gasteiger partial charge >= 0.3 is 5.97 Å². The highest BCUT2D eigenvalue weighted by molar-refractivity contribution is 5.84. The maximum atomic E-state index is 11.6. The molecule has 1 aliphatic rings. The van der Waals surface area contributed by atoms with Gasteiger partial charge in [0, 0.05) is 13.0 Å². The van der Waals surface area contributed by atoms with E-state index in [9.17, 15) is 9.59 Å². The molecule has 0 radical (unpaired) electrons. The Morgan fingerprint density at radius 3 is 2.42 bits per heavy atom. The Hall–Kier alpha value is -1.10. The standard InChI is InChI=1S/C14H26N2O3/c1-14(2,13(18)19)11-12(17)15-7-6-10-16-8-4-3-5-9-16/h3-11H2,1-2H3,(H,15,17)(H,18,19). The maximum absolute atomic E-state index is 11.6. The molecule has 1 rings (SSSR count). The molecule has 0 unspecified atom stereocenters. The van der Waals surface area contributed by atoms with E-state index in [-0.39, 0.29) is 12.3 Å². The molecule has 1 heterocycles. The van der Waals surface area contributed by atoms with E-state index in [1.165, 1.54) is 32.4 Å². The van der Waals surface area contributed by atoms with E-state index in [2.05, 4.69) is 10.2 Å². The minimum atomic E-state index is -0.989. The third-order valence-corrected chi connectivity index (χ3v) is 3.60. The van der Waals surface area contributed by atoms with Crippen LogP contribution in [0.25, 0.3) is 0 Å². The SMILES string of the molecule is CC(C)(CC(=O)NCCCN1CCCCC1)C(=O)O. The van der Waals surface area contributed by atoms with Crippen LogP contribution >= 0.6 is 0 Å². The number of nitrogens with one attached hydrogen (secondary N) is 1. The number of likely N-dealkylation sites (tertiary alicyclic amines) is 1. The Bertz CT molecular complexity index is 310. The largest absolute Gasteiger partial charge is 0.481 e. The zero-order chi connectivity index (χ0) is 14.3. The number of carboxylic acids is 1. The number of hydrogen-bond donors (Lipinski definition) is 2. The number of amides is 1. The van der Waals surface area contributed by atoms with Gasteiger partial charge in [0.05, 0.1) is 5.41 Å². The zero-order valence-corrected chi connectivity index (χ0v) is 12.1. The Balaban J connectivity index is 2.11. The van der Waals surface area contributed by atoms with Crippen molar-refractivity contribution in [3.63, 3.8) is 0 Å². The summed E-state index contributed by atoms with van der Waals surface area (Å²) in [6.07, 6.45) is 4.85. The molecule has 0 aromatic rings. The van der Waals surface area contributed by atoms with E-state index in [1.54, 1.807) is 13.8 Å². The zero-order valence-electron chi connectivity index (χ0n) is 12.1. The maximum Gasteiger partial charge on any atom is 0.309 e. The lowest BCUT2D eigenvalue weighted by molar-refractivity contribution is -0.149. The molecule has 0 saturated carbocycles. The molecule has 0 atom stereocenters. The Morgan fingerprint density at radius 1 is 1.21 bits per heavy atom. The van der Waals surface area contributed by atoms with E-state index in [1.807, 2.05) is 0 Å². The van der Waals surface area contributed by atoms with Gasteiger partial charge in [0.25, 0.3) is 0 Å². The second-order valence-corrected chi connectivity index (χ2v) is 5.97. The molecule has 0 aromatic heterocycles. The monoisotopic (exact) mass is 270 g/mol. The van der Waals surface area contributed by atoms with Gasteiger partial charge in [0.15, 0.2) is 0 Å². The molecule has 0 spiro atoms. The van der Waals surface area contributed by atoms with Crippen molar-refractivity contribution in [2.45, 2.75) is 46.0 Å². The van der Waals surface area contributed by atoms with Crippen LogP contribution in [0.3, 0.4) is 0 Å². The summed E-state index contributed by atoms with van der Waals surface area (Å²) in [6.45, 7) is 7.12. The first-order valence-corrected chi connectivity index (χ1v) is 7.14. The van der Waals surface area contributed by atoms with E-state index in [0.29, 0.717) is 6.54 Å². The second-order valence-electron chi connectivity index (χ2n) is 5.97. The predicted octanol–water partition coefficient (Wildman–Crippen LogP) is 1.48. The number of carbonyl (C=O) groups is 2. The molecule has 0 aromatic carbocycles. The molecule has 1 fully saturated rings. The van der Waals surface area contributed by atoms with E-state index < -0.39 is 11.4 Å². The number of carbonyl (C=O) groups excluding carboxylic acids is 1. The van der Waals surface area contributed by atoms with Gasteiger partial charge in [0.1, 0.15) is 0 Å². The van der Waals surface area contributed by atoms with Crippen molar-refractivity contribution in [3.8, 4) is 0 Å². The third kappa shape index (κ3) is 6.05. The number of carboxylic acid groups (broad SMARTS) is 1. The average Bonchev–Trinajstić information content (AvgIpc) is 2.35. The van der Waals surface area contributed by atoms with Gasteiger partial charge in [-0.3, -0.25) is 9.59 Å². The first-order valence-electron chi connectivity index (χ1n) is 7.14. The summed E-state index contributed by atoms with van der Waals surface area (Å²) in [5, 5.41) is 11.7. The van der Waals surface area contributed by atoms with Crippen LogP contribution in [0.15, 0.2) is 0 Å². The molecule has 2 N–H and O–H groups in total. The Morgan fingerprint density at radius 2 is 1.84 bits per heavy atom. The minimum Gasteiger partial charge on any atom is -0.481 e. The van der Waals surface area contributed by atoms with Crippen LogP contribution in [-0.2, 0) is 9.59 Å². The first kappa shape index (κ1) is 16.0. The lowest BCUT2D eigenvalue weighted by atomic mass is 9.89. The van der Waals surface area contributed by atoms with Crippen molar-refractivity contribution in [1.29, 1.82) is 0 Å². The number of piperidine rings is 1. The highest BCUT2D eigenvalue weighted by Gasteiger charge is 2.29. The summed E-state index contributed by atoms with van der Waals surface area (Å²) in [6, 6.07) is 0. The van der Waals surface area contributed by atoms with Crippen molar-refractivity contribution in [3.05, 3.63) is 0 Å². The summed E-state index contributed by atoms with van der Waals surface area (Å²) < 4.78 is 0. The summed E-state index contributed by atoms with van der Waals surface area (Å²) in [5.74, 6) is -1.11. The molecular weight excluding hydrogens is 244 g/mol. The predicted molar refractivity (Wildman–Crippen MR) is 74.0 cm³/mol. The van der Waals surface area contributed by atoms with Crippen molar-refractivity contribution in [2.75, 3.05) is 26.2 Å². The molecular formula is C14H26N2O3. The molecule has 110 valence electrons. The number of rotatable bonds is 7. The van der Waals surface area contributed by atoms with Crippen molar-refractivity contribution in [1.82, 2.24) is 10.2 Å². The lowest BCUT2D eigenvalue weighted by Crippen LogP contribution is -2.36. The van der Waals surface area contributed by atoms with Crippen LogP contribution in [-0.4, -0.2) is 48.1 Å². The summed E-state index contributed by atoms with van der Waals surface area (Å²) in [7, 11) is 0. The molecule has 0 bridgehead atoms. The highest BCUT2D eigenvalue weighted by Crippen LogP contribution is 2.19. The first-order chi connectivity index (χ1) is 8.92. The summed E-state index contributed by atoms with van der Waals surface area (Å²) in [4.78, 5) is 25.0. The molecule has 5 heteroatoms. The normalized spacial score (nSPS) is 17.2. The summed E-state index contributed by atoms with van der Waals surface area (Å²) >= 11 is 0. The van der Waals surface area contributed by atoms with Crippen LogP contribution < -0.4 is 5.32 Å². The number of aliphatic carboxylic acids is 1. The number of hydrogen-bond acceptors (Lipinski definition) is 3. The minimum absolute atomic E-state index is 0.0338. The average molecular weight is 270 g/mol. The molecule has 1 amide bonds. The van der Waals surface area contributed by atoms with Crippen molar-refractivity contribution < 1.29 is 14.7 Å². The van der Waals surface area contributed by atoms with Crippen molar-refractivity contribution >= 4 is 11.9 Å². The van der Waals surface area contributed by atoms with Crippen LogP contribution in [0.5, 0.6) is 0 Å². The lowest BCUT2D eigenvalue weighted by Gasteiger charge is -2.26. The van der Waals surface area contributed by atoms with Gasteiger partial charge in [-0.1, -0.05) is 6.42 Å². The molecule has 1 aliphatic heterocycles. The fraction of sp³-hybridized carbons (Fsp3) is 0.857. The van der Waals surface area contributed by atoms with Crippen LogP contribution in [0.4, 0.5) is 0 Å². The van der Waals surface area contributed by atoms with Gasteiger partial charge in [0.2, 0.25) is 5.91 Å². The molecule has 0 aliphatic carbocycles. The van der Waals surface area contributed by atoms with Crippen LogP contribution in [0.2, 0.25) is 0 Å². The fourth-order valence-electron chi connectivity index (χ4n) is 2.25. The summed E-state index contributed by atoms with van der Waals surface area (Å²) in [5.41, 5.74) is -0.989. The highest BCUT2D eigenvalue weighted by atomic mass is 16.4. The number of nitrogens with zero attached hydrogens (tertiary/aromatic N) is 1. The Labute approximate surface area is 115 Å². The van der Waals surface area contributed by atoms with Crippen molar-refractivity contribution in [2.24, 2.45) is 5.41 Å². The van der Waals surface area contributed by atoms with Gasteiger partial charge in [-0.25, -0.2) is 0 Å². The smallest absolute Gasteiger partial charge is 0.309 e. The van der Waals surface area contributed by atoms with Gasteiger partial charge in [-0.2, -0.15) is 0 Å². The fourth-order valence-corrected chi connectivity index (χ4v) is 2.25. The second kappa shape index (κ2) is 7.48. The molecule has 19 heavy (non-hydrogen) atoms. The molecule has 5 nitrogen and oxygen atoms in total. The van der Waals surface area contributed by atoms with Crippen LogP contribution in [0.1, 0.15) is 46.0 Å².